The van der Waals surface area contributed by atoms with Gasteiger partial charge in [-0.1, -0.05) is 6.07 Å². The lowest BCUT2D eigenvalue weighted by Crippen LogP contribution is -2.22. The Bertz CT molecular complexity index is 454. The van der Waals surface area contributed by atoms with Crippen LogP contribution in [0, 0.1) is 12.7 Å². The van der Waals surface area contributed by atoms with Gasteiger partial charge in [0.1, 0.15) is 5.82 Å². The summed E-state index contributed by atoms with van der Waals surface area (Å²) in [6, 6.07) is 4.01. The van der Waals surface area contributed by atoms with Crippen LogP contribution in [0.25, 0.3) is 0 Å². The first-order chi connectivity index (χ1) is 6.83. The van der Waals surface area contributed by atoms with Gasteiger partial charge in [-0.25, -0.2) is 12.8 Å². The van der Waals surface area contributed by atoms with Crippen LogP contribution in [0.2, 0.25) is 0 Å². The zero-order valence-electron chi connectivity index (χ0n) is 8.91. The van der Waals surface area contributed by atoms with Crippen molar-refractivity contribution >= 4 is 15.7 Å². The Hall–Kier alpha value is -1.10. The molecule has 0 fully saturated rings. The molecule has 0 heterocycles. The molecule has 1 aromatic carbocycles. The molecule has 0 amide bonds. The second-order valence-corrected chi connectivity index (χ2v) is 5.89. The van der Waals surface area contributed by atoms with Crippen molar-refractivity contribution in [1.29, 1.82) is 0 Å². The predicted molar refractivity (Wildman–Crippen MR) is 58.8 cm³/mol. The standard InChI is InChI=1S/C10H14FNO2S/c1-7(2)15(13,14)12-10-6-9(11)5-4-8(10)3/h4-7,12H,1-3H3. The molecule has 0 atom stereocenters. The summed E-state index contributed by atoms with van der Waals surface area (Å²) >= 11 is 0. The summed E-state index contributed by atoms with van der Waals surface area (Å²) in [5, 5.41) is -0.542. The van der Waals surface area contributed by atoms with E-state index in [1.807, 2.05) is 0 Å². The molecular weight excluding hydrogens is 217 g/mol. The molecule has 0 aliphatic rings. The largest absolute Gasteiger partial charge is 0.283 e. The van der Waals surface area contributed by atoms with Gasteiger partial charge in [0.15, 0.2) is 0 Å². The number of benzene rings is 1. The second-order valence-electron chi connectivity index (χ2n) is 3.66. The Labute approximate surface area is 89.4 Å². The molecule has 0 unspecified atom stereocenters. The summed E-state index contributed by atoms with van der Waals surface area (Å²) in [6.07, 6.45) is 0. The van der Waals surface area contributed by atoms with Gasteiger partial charge in [0.05, 0.1) is 10.9 Å². The van der Waals surface area contributed by atoms with Gasteiger partial charge in [0.2, 0.25) is 10.0 Å². The number of halogens is 1. The lowest BCUT2D eigenvalue weighted by molar-refractivity contribution is 0.592. The van der Waals surface area contributed by atoms with Crippen molar-refractivity contribution < 1.29 is 12.8 Å². The first-order valence-corrected chi connectivity index (χ1v) is 6.15. The zero-order chi connectivity index (χ0) is 11.6. The Morgan fingerprint density at radius 1 is 1.33 bits per heavy atom. The average molecular weight is 231 g/mol. The Balaban J connectivity index is 3.05. The Morgan fingerprint density at radius 3 is 2.47 bits per heavy atom. The molecule has 0 saturated heterocycles. The van der Waals surface area contributed by atoms with Crippen LogP contribution >= 0.6 is 0 Å². The van der Waals surface area contributed by atoms with Crippen LogP contribution in [0.1, 0.15) is 19.4 Å². The highest BCUT2D eigenvalue weighted by Crippen LogP contribution is 2.18. The molecule has 1 aromatic rings. The molecule has 5 heteroatoms. The second kappa shape index (κ2) is 4.18. The Kier molecular flexibility index (Phi) is 3.34. The molecule has 1 rings (SSSR count). The summed E-state index contributed by atoms with van der Waals surface area (Å²) in [4.78, 5) is 0. The third-order valence-corrected chi connectivity index (χ3v) is 3.82. The Morgan fingerprint density at radius 2 is 1.93 bits per heavy atom. The molecule has 0 saturated carbocycles. The van der Waals surface area contributed by atoms with Gasteiger partial charge < -0.3 is 0 Å². The van der Waals surface area contributed by atoms with Crippen molar-refractivity contribution in [3.05, 3.63) is 29.6 Å². The van der Waals surface area contributed by atoms with E-state index in [4.69, 9.17) is 0 Å². The van der Waals surface area contributed by atoms with E-state index >= 15 is 0 Å². The fraction of sp³-hybridized carbons (Fsp3) is 0.400. The molecule has 1 N–H and O–H groups in total. The minimum Gasteiger partial charge on any atom is -0.283 e. The van der Waals surface area contributed by atoms with Crippen LogP contribution in [0.15, 0.2) is 18.2 Å². The third kappa shape index (κ3) is 2.92. The molecule has 3 nitrogen and oxygen atoms in total. The van der Waals surface area contributed by atoms with E-state index in [2.05, 4.69) is 4.72 Å². The van der Waals surface area contributed by atoms with Crippen molar-refractivity contribution in [1.82, 2.24) is 0 Å². The monoisotopic (exact) mass is 231 g/mol. The minimum atomic E-state index is -3.41. The van der Waals surface area contributed by atoms with Crippen LogP contribution < -0.4 is 4.72 Å². The lowest BCUT2D eigenvalue weighted by Gasteiger charge is -2.12. The molecule has 0 aromatic heterocycles. The quantitative estimate of drug-likeness (QED) is 0.867. The van der Waals surface area contributed by atoms with Gasteiger partial charge in [0, 0.05) is 0 Å². The van der Waals surface area contributed by atoms with E-state index in [0.717, 1.165) is 0 Å². The fourth-order valence-electron chi connectivity index (χ4n) is 0.975. The van der Waals surface area contributed by atoms with Gasteiger partial charge in [-0.15, -0.1) is 0 Å². The number of rotatable bonds is 3. The minimum absolute atomic E-state index is 0.295. The highest BCUT2D eigenvalue weighted by atomic mass is 32.2. The van der Waals surface area contributed by atoms with Crippen LogP contribution in [0.4, 0.5) is 10.1 Å². The molecule has 0 aliphatic heterocycles. The fourth-order valence-corrected chi connectivity index (χ4v) is 1.74. The number of nitrogens with one attached hydrogen (secondary N) is 1. The molecule has 0 radical (unpaired) electrons. The maximum atomic E-state index is 12.9. The lowest BCUT2D eigenvalue weighted by atomic mass is 10.2. The van der Waals surface area contributed by atoms with E-state index in [1.54, 1.807) is 20.8 Å². The number of aryl methyl sites for hydroxylation is 1. The van der Waals surface area contributed by atoms with Gasteiger partial charge in [0.25, 0.3) is 0 Å². The van der Waals surface area contributed by atoms with Crippen molar-refractivity contribution in [2.24, 2.45) is 0 Å². The first kappa shape index (κ1) is 12.0. The number of sulfonamides is 1. The van der Waals surface area contributed by atoms with E-state index < -0.39 is 21.1 Å². The summed E-state index contributed by atoms with van der Waals surface area (Å²) in [5.41, 5.74) is 0.990. The molecular formula is C10H14FNO2S. The summed E-state index contributed by atoms with van der Waals surface area (Å²) in [6.45, 7) is 4.85. The maximum absolute atomic E-state index is 12.9. The SMILES string of the molecule is Cc1ccc(F)cc1NS(=O)(=O)C(C)C. The highest BCUT2D eigenvalue weighted by molar-refractivity contribution is 7.93. The third-order valence-electron chi connectivity index (χ3n) is 2.07. The number of hydrogen-bond donors (Lipinski definition) is 1. The summed E-state index contributed by atoms with van der Waals surface area (Å²) in [7, 11) is -3.41. The number of anilines is 1. The topological polar surface area (TPSA) is 46.2 Å². The summed E-state index contributed by atoms with van der Waals surface area (Å²) in [5.74, 6) is -0.456. The van der Waals surface area contributed by atoms with Crippen LogP contribution in [0.5, 0.6) is 0 Å². The average Bonchev–Trinajstić information content (AvgIpc) is 2.10. The van der Waals surface area contributed by atoms with Gasteiger partial charge in [-0.3, -0.25) is 4.72 Å². The molecule has 84 valence electrons. The van der Waals surface area contributed by atoms with Crippen LogP contribution in [-0.4, -0.2) is 13.7 Å². The van der Waals surface area contributed by atoms with E-state index in [-0.39, 0.29) is 0 Å². The molecule has 0 aliphatic carbocycles. The van der Waals surface area contributed by atoms with Crippen LogP contribution in [0.3, 0.4) is 0 Å². The van der Waals surface area contributed by atoms with E-state index in [1.165, 1.54) is 18.2 Å². The van der Waals surface area contributed by atoms with Gasteiger partial charge in [-0.05, 0) is 38.5 Å². The normalized spacial score (nSPS) is 11.8. The van der Waals surface area contributed by atoms with E-state index in [9.17, 15) is 12.8 Å². The molecule has 0 spiro atoms. The van der Waals surface area contributed by atoms with Crippen molar-refractivity contribution in [3.8, 4) is 0 Å². The maximum Gasteiger partial charge on any atom is 0.235 e. The summed E-state index contributed by atoms with van der Waals surface area (Å²) < 4.78 is 38.3. The first-order valence-electron chi connectivity index (χ1n) is 4.60. The highest BCUT2D eigenvalue weighted by Gasteiger charge is 2.16. The van der Waals surface area contributed by atoms with E-state index in [0.29, 0.717) is 11.3 Å². The van der Waals surface area contributed by atoms with Crippen molar-refractivity contribution in [2.45, 2.75) is 26.0 Å². The molecule has 15 heavy (non-hydrogen) atoms. The van der Waals surface area contributed by atoms with Gasteiger partial charge in [-0.2, -0.15) is 0 Å². The smallest absolute Gasteiger partial charge is 0.235 e. The number of hydrogen-bond acceptors (Lipinski definition) is 2. The predicted octanol–water partition coefficient (Wildman–Crippen LogP) is 2.28. The van der Waals surface area contributed by atoms with Crippen LogP contribution in [-0.2, 0) is 10.0 Å². The molecule has 0 bridgehead atoms. The van der Waals surface area contributed by atoms with Crippen molar-refractivity contribution in [2.75, 3.05) is 4.72 Å². The van der Waals surface area contributed by atoms with Gasteiger partial charge >= 0.3 is 0 Å². The van der Waals surface area contributed by atoms with Crippen molar-refractivity contribution in [3.63, 3.8) is 0 Å². The zero-order valence-corrected chi connectivity index (χ0v) is 9.73.